The van der Waals surface area contributed by atoms with Crippen LogP contribution in [-0.4, -0.2) is 36.6 Å². The van der Waals surface area contributed by atoms with Gasteiger partial charge in [-0.1, -0.05) is 13.8 Å². The third kappa shape index (κ3) is 4.61. The first kappa shape index (κ1) is 27.9. The average Bonchev–Trinajstić information content (AvgIpc) is 3.34. The number of carbonyl (C=O) groups excluding carboxylic acids is 2. The van der Waals surface area contributed by atoms with Crippen molar-refractivity contribution >= 4 is 22.8 Å². The highest BCUT2D eigenvalue weighted by Gasteiger charge is 2.35. The van der Waals surface area contributed by atoms with Gasteiger partial charge < -0.3 is 25.3 Å². The highest BCUT2D eigenvalue weighted by atomic mass is 19.1. The minimum absolute atomic E-state index is 0.0185. The number of cyclic esters (lactones) is 1. The fraction of sp³-hybridized carbons (Fsp3) is 0.300. The number of fused-ring (bicyclic) bond motifs is 5. The van der Waals surface area contributed by atoms with Crippen LogP contribution in [0.2, 0.25) is 0 Å². The van der Waals surface area contributed by atoms with Crippen molar-refractivity contribution < 1.29 is 28.9 Å². The summed E-state index contributed by atoms with van der Waals surface area (Å²) in [7, 11) is 0. The van der Waals surface area contributed by atoms with Crippen molar-refractivity contribution in [1.29, 1.82) is 0 Å². The number of benzene rings is 1. The summed E-state index contributed by atoms with van der Waals surface area (Å²) < 4.78 is 21.1. The minimum Gasteiger partial charge on any atom is -0.506 e. The monoisotopic (exact) mass is 560 g/mol. The lowest BCUT2D eigenvalue weighted by Gasteiger charge is -2.22. The quantitative estimate of drug-likeness (QED) is 0.263. The molecule has 0 bridgehead atoms. The van der Waals surface area contributed by atoms with E-state index in [1.54, 1.807) is 17.6 Å². The van der Waals surface area contributed by atoms with Crippen LogP contribution < -0.4 is 11.3 Å². The Morgan fingerprint density at radius 2 is 1.85 bits per heavy atom. The zero-order chi connectivity index (χ0) is 29.6. The Balaban J connectivity index is 0.000000239. The van der Waals surface area contributed by atoms with E-state index in [4.69, 9.17) is 20.6 Å². The Bertz CT molecular complexity index is 1780. The van der Waals surface area contributed by atoms with Gasteiger partial charge >= 0.3 is 5.97 Å². The second kappa shape index (κ2) is 10.7. The number of amides is 1. The average molecular weight is 561 g/mol. The van der Waals surface area contributed by atoms with Crippen molar-refractivity contribution in [3.05, 3.63) is 85.7 Å². The molecule has 7 rings (SSSR count). The van der Waals surface area contributed by atoms with E-state index in [0.29, 0.717) is 34.6 Å². The van der Waals surface area contributed by atoms with Crippen LogP contribution >= 0.6 is 0 Å². The van der Waals surface area contributed by atoms with Crippen LogP contribution in [0.1, 0.15) is 70.2 Å². The van der Waals surface area contributed by atoms with Gasteiger partial charge in [0.15, 0.2) is 6.10 Å². The molecule has 1 aromatic carbocycles. The van der Waals surface area contributed by atoms with Gasteiger partial charge in [0, 0.05) is 22.6 Å². The molecule has 0 fully saturated rings. The number of aromatic hydroxyl groups is 1. The van der Waals surface area contributed by atoms with Gasteiger partial charge in [0.2, 0.25) is 0 Å². The standard InChI is InChI=1S/C22H17FN2O4.C6H6N2O2.C2H6/c1-9-10-3-2-4-11-13-7-25-17(19(13)24-16(18(10)11)6-15(9)23)5-12-14(21(25)27)8-29-22(28)20(12)26;7-6(10)5-2-1-4(9)3-8-5;1-2/h5-6,20,26H,2-4,7-8H2,1H3;1-3,9H,(H2,7,10);1-2H3. The molecular formula is C30H29FN4O6. The predicted molar refractivity (Wildman–Crippen MR) is 148 cm³/mol. The molecule has 4 N–H and O–H groups in total. The Hall–Kier alpha value is -4.64. The van der Waals surface area contributed by atoms with E-state index in [1.807, 2.05) is 13.8 Å². The molecular weight excluding hydrogens is 531 g/mol. The molecule has 1 aliphatic carbocycles. The second-order valence-corrected chi connectivity index (χ2v) is 9.76. The molecule has 0 saturated heterocycles. The molecule has 0 radical (unpaired) electrons. The number of primary amides is 1. The first-order valence-electron chi connectivity index (χ1n) is 13.4. The molecule has 212 valence electrons. The van der Waals surface area contributed by atoms with Crippen LogP contribution in [0.4, 0.5) is 4.39 Å². The summed E-state index contributed by atoms with van der Waals surface area (Å²) in [6.45, 7) is 6.05. The van der Waals surface area contributed by atoms with Crippen molar-refractivity contribution in [1.82, 2.24) is 14.5 Å². The summed E-state index contributed by atoms with van der Waals surface area (Å²) >= 11 is 0. The van der Waals surface area contributed by atoms with Crippen molar-refractivity contribution in [2.75, 3.05) is 0 Å². The number of ether oxygens (including phenoxy) is 1. The van der Waals surface area contributed by atoms with Crippen LogP contribution in [0.15, 0.2) is 35.3 Å². The summed E-state index contributed by atoms with van der Waals surface area (Å²) in [5, 5.41) is 20.0. The van der Waals surface area contributed by atoms with Crippen LogP contribution in [0.25, 0.3) is 22.3 Å². The maximum Gasteiger partial charge on any atom is 0.340 e. The van der Waals surface area contributed by atoms with Gasteiger partial charge in [0.25, 0.3) is 11.5 Å². The first-order chi connectivity index (χ1) is 19.7. The van der Waals surface area contributed by atoms with Crippen LogP contribution in [0.5, 0.6) is 5.75 Å². The number of rotatable bonds is 1. The number of aromatic nitrogens is 3. The fourth-order valence-corrected chi connectivity index (χ4v) is 5.60. The van der Waals surface area contributed by atoms with E-state index in [1.165, 1.54) is 24.4 Å². The smallest absolute Gasteiger partial charge is 0.340 e. The van der Waals surface area contributed by atoms with Gasteiger partial charge in [0.05, 0.1) is 35.2 Å². The number of aliphatic hydroxyl groups excluding tert-OH is 1. The molecule has 10 nitrogen and oxygen atoms in total. The van der Waals surface area contributed by atoms with Gasteiger partial charge in [-0.25, -0.2) is 19.2 Å². The number of halogens is 1. The normalized spacial score (nSPS) is 15.8. The number of esters is 1. The summed E-state index contributed by atoms with van der Waals surface area (Å²) in [6, 6.07) is 5.84. The minimum atomic E-state index is -1.48. The van der Waals surface area contributed by atoms with E-state index in [2.05, 4.69) is 4.98 Å². The number of nitrogens with zero attached hydrogens (tertiary/aromatic N) is 3. The van der Waals surface area contributed by atoms with E-state index < -0.39 is 18.0 Å². The molecule has 11 heteroatoms. The second-order valence-electron chi connectivity index (χ2n) is 9.76. The lowest BCUT2D eigenvalue weighted by atomic mass is 9.85. The predicted octanol–water partition coefficient (Wildman–Crippen LogP) is 3.36. The topological polar surface area (TPSA) is 158 Å². The number of hydrogen-bond acceptors (Lipinski definition) is 8. The van der Waals surface area contributed by atoms with Gasteiger partial charge in [0.1, 0.15) is 23.9 Å². The molecule has 2 aliphatic heterocycles. The van der Waals surface area contributed by atoms with Crippen LogP contribution in [-0.2, 0) is 35.5 Å². The van der Waals surface area contributed by atoms with E-state index in [-0.39, 0.29) is 35.0 Å². The molecule has 5 heterocycles. The largest absolute Gasteiger partial charge is 0.506 e. The fourth-order valence-electron chi connectivity index (χ4n) is 5.60. The molecule has 3 aromatic heterocycles. The Kier molecular flexibility index (Phi) is 7.31. The Morgan fingerprint density at radius 3 is 2.54 bits per heavy atom. The molecule has 4 aromatic rings. The van der Waals surface area contributed by atoms with Gasteiger partial charge in [-0.3, -0.25) is 9.59 Å². The number of nitrogens with two attached hydrogens (primary N) is 1. The van der Waals surface area contributed by atoms with E-state index in [9.17, 15) is 23.9 Å². The molecule has 41 heavy (non-hydrogen) atoms. The summed E-state index contributed by atoms with van der Waals surface area (Å²) in [5.41, 5.74) is 10.9. The summed E-state index contributed by atoms with van der Waals surface area (Å²) in [6.07, 6.45) is 2.28. The maximum atomic E-state index is 14.5. The number of hydrogen-bond donors (Lipinski definition) is 3. The lowest BCUT2D eigenvalue weighted by Crippen LogP contribution is -2.32. The van der Waals surface area contributed by atoms with Gasteiger partial charge in [-0.05, 0) is 61.1 Å². The number of carbonyl (C=O) groups is 2. The SMILES string of the molecule is CC.Cc1c(F)cc2nc3c(c4c2c1CCC4)Cn1c-3cc2c(c1=O)COC(=O)C2O.NC(=O)c1ccc(O)cn1. The third-order valence-corrected chi connectivity index (χ3v) is 7.54. The van der Waals surface area contributed by atoms with E-state index >= 15 is 0 Å². The summed E-state index contributed by atoms with van der Waals surface area (Å²) in [5.74, 6) is -1.61. The molecule has 0 spiro atoms. The molecule has 1 atom stereocenters. The number of aliphatic hydroxyl groups is 1. The van der Waals surface area contributed by atoms with Crippen LogP contribution in [0, 0.1) is 12.7 Å². The van der Waals surface area contributed by atoms with Crippen molar-refractivity contribution in [3.63, 3.8) is 0 Å². The first-order valence-corrected chi connectivity index (χ1v) is 13.4. The van der Waals surface area contributed by atoms with Crippen molar-refractivity contribution in [2.24, 2.45) is 5.73 Å². The molecule has 1 amide bonds. The molecule has 3 aliphatic rings. The third-order valence-electron chi connectivity index (χ3n) is 7.54. The Labute approximate surface area is 234 Å². The highest BCUT2D eigenvalue weighted by Crippen LogP contribution is 2.42. The van der Waals surface area contributed by atoms with Gasteiger partial charge in [-0.15, -0.1) is 0 Å². The molecule has 0 saturated carbocycles. The van der Waals surface area contributed by atoms with Crippen molar-refractivity contribution in [3.8, 4) is 17.1 Å². The number of pyridine rings is 3. The lowest BCUT2D eigenvalue weighted by molar-refractivity contribution is -0.157. The Morgan fingerprint density at radius 1 is 1.12 bits per heavy atom. The van der Waals surface area contributed by atoms with Crippen molar-refractivity contribution in [2.45, 2.75) is 59.3 Å². The highest BCUT2D eigenvalue weighted by molar-refractivity contribution is 5.92. The molecule has 1 unspecified atom stereocenters. The zero-order valence-electron chi connectivity index (χ0n) is 22.8. The maximum absolute atomic E-state index is 14.5. The van der Waals surface area contributed by atoms with E-state index in [0.717, 1.165) is 41.3 Å². The summed E-state index contributed by atoms with van der Waals surface area (Å²) in [4.78, 5) is 43.5. The van der Waals surface area contributed by atoms with Crippen LogP contribution in [0.3, 0.4) is 0 Å². The zero-order valence-corrected chi connectivity index (χ0v) is 22.8. The van der Waals surface area contributed by atoms with Gasteiger partial charge in [-0.2, -0.15) is 0 Å². The number of aryl methyl sites for hydroxylation is 2.